The van der Waals surface area contributed by atoms with Crippen LogP contribution in [-0.4, -0.2) is 23.4 Å². The highest BCUT2D eigenvalue weighted by Crippen LogP contribution is 2.22. The highest BCUT2D eigenvalue weighted by molar-refractivity contribution is 6.34. The average molecular weight is 294 g/mol. The molecule has 0 radical (unpaired) electrons. The molecule has 1 amide bonds. The van der Waals surface area contributed by atoms with Gasteiger partial charge in [0, 0.05) is 24.7 Å². The number of amides is 1. The molecule has 0 heterocycles. The van der Waals surface area contributed by atoms with Crippen LogP contribution >= 0.6 is 24.0 Å². The lowest BCUT2D eigenvalue weighted by molar-refractivity contribution is -0.384. The minimum atomic E-state index is -0.573. The van der Waals surface area contributed by atoms with Gasteiger partial charge in [-0.2, -0.15) is 0 Å². The number of hydrogen-bond donors (Lipinski definition) is 2. The Bertz CT molecular complexity index is 454. The molecule has 18 heavy (non-hydrogen) atoms. The van der Waals surface area contributed by atoms with Gasteiger partial charge in [0.25, 0.3) is 11.6 Å². The first-order valence-electron chi connectivity index (χ1n) is 4.90. The number of nitrogens with one attached hydrogen (secondary N) is 1. The number of carbonyl (C=O) groups is 1. The van der Waals surface area contributed by atoms with E-state index in [-0.39, 0.29) is 34.7 Å². The predicted octanol–water partition coefficient (Wildman–Crippen LogP) is 1.75. The molecule has 0 aliphatic heterocycles. The van der Waals surface area contributed by atoms with E-state index in [1.54, 1.807) is 6.92 Å². The number of halogens is 2. The number of carbonyl (C=O) groups excluding carboxylic acids is 1. The summed E-state index contributed by atoms with van der Waals surface area (Å²) < 4.78 is 0. The van der Waals surface area contributed by atoms with Crippen LogP contribution in [-0.2, 0) is 0 Å². The zero-order chi connectivity index (χ0) is 13.0. The zero-order valence-electron chi connectivity index (χ0n) is 9.55. The summed E-state index contributed by atoms with van der Waals surface area (Å²) in [6.45, 7) is 2.05. The van der Waals surface area contributed by atoms with Crippen molar-refractivity contribution >= 4 is 35.6 Å². The van der Waals surface area contributed by atoms with Crippen LogP contribution in [0.1, 0.15) is 17.3 Å². The van der Waals surface area contributed by atoms with E-state index >= 15 is 0 Å². The van der Waals surface area contributed by atoms with Gasteiger partial charge >= 0.3 is 0 Å². The second kappa shape index (κ2) is 7.15. The normalized spacial score (nSPS) is 11.3. The summed E-state index contributed by atoms with van der Waals surface area (Å²) in [5.74, 6) is -0.400. The van der Waals surface area contributed by atoms with Gasteiger partial charge in [0.15, 0.2) is 0 Å². The van der Waals surface area contributed by atoms with Gasteiger partial charge in [0.05, 0.1) is 15.5 Å². The molecule has 1 aromatic rings. The Morgan fingerprint density at radius 2 is 2.22 bits per heavy atom. The fourth-order valence-corrected chi connectivity index (χ4v) is 1.42. The van der Waals surface area contributed by atoms with E-state index in [1.807, 2.05) is 0 Å². The number of hydrogen-bond acceptors (Lipinski definition) is 4. The molecule has 0 saturated heterocycles. The average Bonchev–Trinajstić information content (AvgIpc) is 2.28. The molecule has 6 nitrogen and oxygen atoms in total. The van der Waals surface area contributed by atoms with E-state index in [0.717, 1.165) is 6.07 Å². The molecule has 1 atom stereocenters. The number of nitro benzene ring substituents is 1. The maximum atomic E-state index is 11.7. The highest BCUT2D eigenvalue weighted by atomic mass is 35.5. The Hall–Kier alpha value is -1.37. The lowest BCUT2D eigenvalue weighted by atomic mass is 10.2. The molecule has 0 spiro atoms. The summed E-state index contributed by atoms with van der Waals surface area (Å²) in [6.07, 6.45) is 0. The number of nitro groups is 1. The molecule has 100 valence electrons. The molecular formula is C10H13Cl2N3O3. The molecule has 1 aromatic carbocycles. The third kappa shape index (κ3) is 4.14. The van der Waals surface area contributed by atoms with E-state index in [4.69, 9.17) is 17.3 Å². The van der Waals surface area contributed by atoms with Gasteiger partial charge in [0.2, 0.25) is 0 Å². The first-order valence-corrected chi connectivity index (χ1v) is 5.28. The summed E-state index contributed by atoms with van der Waals surface area (Å²) in [5, 5.41) is 13.1. The quantitative estimate of drug-likeness (QED) is 0.652. The van der Waals surface area contributed by atoms with Crippen LogP contribution in [0.2, 0.25) is 5.02 Å². The first-order chi connectivity index (χ1) is 7.95. The third-order valence-electron chi connectivity index (χ3n) is 2.14. The first kappa shape index (κ1) is 16.6. The Kier molecular flexibility index (Phi) is 6.61. The number of non-ortho nitro benzene ring substituents is 1. The van der Waals surface area contributed by atoms with Crippen molar-refractivity contribution in [3.63, 3.8) is 0 Å². The number of rotatable bonds is 4. The third-order valence-corrected chi connectivity index (χ3v) is 2.45. The van der Waals surface area contributed by atoms with Crippen molar-refractivity contribution in [2.75, 3.05) is 6.54 Å². The van der Waals surface area contributed by atoms with Crippen LogP contribution in [0.25, 0.3) is 0 Å². The summed E-state index contributed by atoms with van der Waals surface area (Å²) in [4.78, 5) is 21.6. The Morgan fingerprint density at radius 3 is 2.67 bits per heavy atom. The van der Waals surface area contributed by atoms with Gasteiger partial charge in [-0.1, -0.05) is 11.6 Å². The molecule has 0 saturated carbocycles. The topological polar surface area (TPSA) is 98.3 Å². The van der Waals surface area contributed by atoms with E-state index in [2.05, 4.69) is 5.32 Å². The molecule has 0 aromatic heterocycles. The van der Waals surface area contributed by atoms with Gasteiger partial charge in [0.1, 0.15) is 0 Å². The fraction of sp³-hybridized carbons (Fsp3) is 0.300. The molecule has 0 bridgehead atoms. The summed E-state index contributed by atoms with van der Waals surface area (Å²) >= 11 is 5.80. The van der Waals surface area contributed by atoms with Gasteiger partial charge in [-0.25, -0.2) is 0 Å². The van der Waals surface area contributed by atoms with Crippen molar-refractivity contribution < 1.29 is 9.72 Å². The zero-order valence-corrected chi connectivity index (χ0v) is 11.1. The maximum absolute atomic E-state index is 11.7. The molecule has 0 aliphatic carbocycles. The molecule has 0 unspecified atom stereocenters. The number of nitrogens with two attached hydrogens (primary N) is 1. The van der Waals surface area contributed by atoms with E-state index < -0.39 is 10.8 Å². The largest absolute Gasteiger partial charge is 0.348 e. The number of nitrogens with zero attached hydrogens (tertiary/aromatic N) is 1. The van der Waals surface area contributed by atoms with E-state index in [9.17, 15) is 14.9 Å². The lowest BCUT2D eigenvalue weighted by Crippen LogP contribution is -2.37. The molecular weight excluding hydrogens is 281 g/mol. The van der Waals surface area contributed by atoms with Crippen LogP contribution in [0.5, 0.6) is 0 Å². The van der Waals surface area contributed by atoms with Crippen LogP contribution < -0.4 is 11.1 Å². The standard InChI is InChI=1S/C10H12ClN3O3.ClH/c1-6(5-12)13-10(15)8-3-2-7(14(16)17)4-9(8)11;/h2-4,6H,5,12H2,1H3,(H,13,15);1H/t6-;/m0./s1. The van der Waals surface area contributed by atoms with Crippen LogP contribution in [0, 0.1) is 10.1 Å². The van der Waals surface area contributed by atoms with Gasteiger partial charge in [-0.15, -0.1) is 12.4 Å². The summed E-state index contributed by atoms with van der Waals surface area (Å²) in [5.41, 5.74) is 5.40. The fourth-order valence-electron chi connectivity index (χ4n) is 1.16. The predicted molar refractivity (Wildman–Crippen MR) is 71.3 cm³/mol. The second-order valence-electron chi connectivity index (χ2n) is 3.53. The molecule has 3 N–H and O–H groups in total. The van der Waals surface area contributed by atoms with Gasteiger partial charge < -0.3 is 11.1 Å². The van der Waals surface area contributed by atoms with Crippen LogP contribution in [0.4, 0.5) is 5.69 Å². The highest BCUT2D eigenvalue weighted by Gasteiger charge is 2.15. The molecule has 0 fully saturated rings. The summed E-state index contributed by atoms with van der Waals surface area (Å²) in [6, 6.07) is 3.50. The number of benzene rings is 1. The lowest BCUT2D eigenvalue weighted by Gasteiger charge is -2.11. The Balaban J connectivity index is 0.00000289. The van der Waals surface area contributed by atoms with Crippen molar-refractivity contribution in [1.29, 1.82) is 0 Å². The van der Waals surface area contributed by atoms with Crippen molar-refractivity contribution in [1.82, 2.24) is 5.32 Å². The molecule has 0 aliphatic rings. The van der Waals surface area contributed by atoms with E-state index in [0.29, 0.717) is 6.54 Å². The molecule has 1 rings (SSSR count). The van der Waals surface area contributed by atoms with E-state index in [1.165, 1.54) is 12.1 Å². The van der Waals surface area contributed by atoms with Crippen molar-refractivity contribution in [2.24, 2.45) is 5.73 Å². The minimum Gasteiger partial charge on any atom is -0.348 e. The van der Waals surface area contributed by atoms with Gasteiger partial charge in [-0.3, -0.25) is 14.9 Å². The maximum Gasteiger partial charge on any atom is 0.270 e. The smallest absolute Gasteiger partial charge is 0.270 e. The van der Waals surface area contributed by atoms with Crippen molar-refractivity contribution in [2.45, 2.75) is 13.0 Å². The van der Waals surface area contributed by atoms with Gasteiger partial charge in [-0.05, 0) is 13.0 Å². The summed E-state index contributed by atoms with van der Waals surface area (Å²) in [7, 11) is 0. The second-order valence-corrected chi connectivity index (χ2v) is 3.94. The van der Waals surface area contributed by atoms with Crippen molar-refractivity contribution in [3.8, 4) is 0 Å². The Labute approximate surface area is 115 Å². The SMILES string of the molecule is C[C@@H](CN)NC(=O)c1ccc([N+](=O)[O-])cc1Cl.Cl. The Morgan fingerprint density at radius 1 is 1.61 bits per heavy atom. The van der Waals surface area contributed by atoms with Crippen molar-refractivity contribution in [3.05, 3.63) is 38.9 Å². The molecule has 8 heteroatoms. The van der Waals surface area contributed by atoms with Crippen LogP contribution in [0.3, 0.4) is 0 Å². The van der Waals surface area contributed by atoms with Crippen LogP contribution in [0.15, 0.2) is 18.2 Å². The minimum absolute atomic E-state index is 0. The monoisotopic (exact) mass is 293 g/mol.